The zero-order valence-electron chi connectivity index (χ0n) is 10.7. The summed E-state index contributed by atoms with van der Waals surface area (Å²) in [6, 6.07) is 4.18. The summed E-state index contributed by atoms with van der Waals surface area (Å²) >= 11 is 4.47. The molecule has 3 aromatic rings. The van der Waals surface area contributed by atoms with E-state index >= 15 is 0 Å². The third kappa shape index (κ3) is 2.68. The number of thiophene rings is 1. The average molecular weight is 371 g/mol. The van der Waals surface area contributed by atoms with E-state index in [1.54, 1.807) is 13.1 Å². The number of hydrogen-bond donors (Lipinski definition) is 2. The van der Waals surface area contributed by atoms with E-state index in [0.717, 1.165) is 4.83 Å². The van der Waals surface area contributed by atoms with Crippen molar-refractivity contribution >= 4 is 54.9 Å². The summed E-state index contributed by atoms with van der Waals surface area (Å²) in [5, 5.41) is 8.09. The minimum atomic E-state index is -0.699. The molecule has 108 valence electrons. The third-order valence-electron chi connectivity index (χ3n) is 2.80. The van der Waals surface area contributed by atoms with E-state index in [9.17, 15) is 8.78 Å². The smallest absolute Gasteiger partial charge is 0.225 e. The zero-order valence-corrected chi connectivity index (χ0v) is 13.1. The molecule has 0 aliphatic carbocycles. The first-order valence-electron chi connectivity index (χ1n) is 5.93. The van der Waals surface area contributed by atoms with Crippen LogP contribution in [0, 0.1) is 11.6 Å². The van der Waals surface area contributed by atoms with Gasteiger partial charge in [-0.2, -0.15) is 4.98 Å². The Morgan fingerprint density at radius 3 is 2.57 bits per heavy atom. The summed E-state index contributed by atoms with van der Waals surface area (Å²) in [6.07, 6.45) is 0. The predicted molar refractivity (Wildman–Crippen MR) is 84.3 cm³/mol. The highest BCUT2D eigenvalue weighted by molar-refractivity contribution is 9.10. The number of fused-ring (bicyclic) bond motifs is 1. The molecule has 0 fully saturated rings. The second kappa shape index (κ2) is 5.53. The van der Waals surface area contributed by atoms with Crippen molar-refractivity contribution in [2.45, 2.75) is 0 Å². The van der Waals surface area contributed by atoms with Crippen LogP contribution in [0.1, 0.15) is 0 Å². The first-order chi connectivity index (χ1) is 10.1. The lowest BCUT2D eigenvalue weighted by Crippen LogP contribution is -2.03. The highest BCUT2D eigenvalue weighted by Gasteiger charge is 2.14. The van der Waals surface area contributed by atoms with Crippen LogP contribution in [-0.4, -0.2) is 17.0 Å². The Labute approximate surface area is 131 Å². The molecule has 3 rings (SSSR count). The topological polar surface area (TPSA) is 49.8 Å². The molecule has 4 nitrogen and oxygen atoms in total. The molecule has 0 bridgehead atoms. The Morgan fingerprint density at radius 2 is 1.90 bits per heavy atom. The number of aromatic nitrogens is 2. The molecule has 0 radical (unpaired) electrons. The van der Waals surface area contributed by atoms with Crippen molar-refractivity contribution < 1.29 is 8.78 Å². The Balaban J connectivity index is 2.11. The summed E-state index contributed by atoms with van der Waals surface area (Å²) in [4.78, 5) is 9.23. The Bertz CT molecular complexity index is 798. The van der Waals surface area contributed by atoms with Gasteiger partial charge >= 0.3 is 0 Å². The minimum Gasteiger partial charge on any atom is -0.357 e. The van der Waals surface area contributed by atoms with Crippen LogP contribution >= 0.6 is 27.3 Å². The monoisotopic (exact) mass is 370 g/mol. The molecule has 0 aliphatic heterocycles. The molecule has 0 saturated heterocycles. The Hall–Kier alpha value is -1.80. The molecule has 0 saturated carbocycles. The maximum absolute atomic E-state index is 13.9. The van der Waals surface area contributed by atoms with Crippen molar-refractivity contribution in [1.29, 1.82) is 0 Å². The van der Waals surface area contributed by atoms with Crippen molar-refractivity contribution in [3.8, 4) is 0 Å². The standard InChI is InChI=1S/C13H9BrF2N4S/c1-17-13-19-11(7-2-3-21-12(7)20-13)18-10-8(15)4-6(14)5-9(10)16/h2-5H,1H3,(H2,17,18,19,20). The van der Waals surface area contributed by atoms with E-state index in [1.807, 2.05) is 5.38 Å². The van der Waals surface area contributed by atoms with E-state index in [4.69, 9.17) is 0 Å². The molecule has 0 atom stereocenters. The van der Waals surface area contributed by atoms with Gasteiger partial charge in [0.1, 0.15) is 16.3 Å². The third-order valence-corrected chi connectivity index (χ3v) is 4.06. The maximum Gasteiger partial charge on any atom is 0.225 e. The van der Waals surface area contributed by atoms with E-state index < -0.39 is 11.6 Å². The second-order valence-electron chi connectivity index (χ2n) is 4.15. The molecule has 0 spiro atoms. The van der Waals surface area contributed by atoms with Crippen molar-refractivity contribution in [2.75, 3.05) is 17.7 Å². The van der Waals surface area contributed by atoms with E-state index in [2.05, 4.69) is 36.5 Å². The van der Waals surface area contributed by atoms with Crippen LogP contribution in [0.4, 0.5) is 26.2 Å². The largest absolute Gasteiger partial charge is 0.357 e. The first-order valence-corrected chi connectivity index (χ1v) is 7.60. The normalized spacial score (nSPS) is 10.9. The van der Waals surface area contributed by atoms with Crippen LogP contribution in [0.25, 0.3) is 10.2 Å². The SMILES string of the molecule is CNc1nc(Nc2c(F)cc(Br)cc2F)c2ccsc2n1. The van der Waals surface area contributed by atoms with Crippen molar-refractivity contribution in [3.63, 3.8) is 0 Å². The number of benzene rings is 1. The van der Waals surface area contributed by atoms with Crippen LogP contribution < -0.4 is 10.6 Å². The van der Waals surface area contributed by atoms with Gasteiger partial charge in [-0.05, 0) is 23.6 Å². The summed E-state index contributed by atoms with van der Waals surface area (Å²) in [5.74, 6) is -0.666. The van der Waals surface area contributed by atoms with Gasteiger partial charge in [0.25, 0.3) is 0 Å². The van der Waals surface area contributed by atoms with Gasteiger partial charge in [-0.1, -0.05) is 15.9 Å². The van der Waals surface area contributed by atoms with E-state index in [1.165, 1.54) is 23.5 Å². The lowest BCUT2D eigenvalue weighted by Gasteiger charge is -2.10. The van der Waals surface area contributed by atoms with Crippen molar-refractivity contribution in [1.82, 2.24) is 9.97 Å². The van der Waals surface area contributed by atoms with Crippen molar-refractivity contribution in [3.05, 3.63) is 39.7 Å². The van der Waals surface area contributed by atoms with Gasteiger partial charge in [-0.15, -0.1) is 11.3 Å². The second-order valence-corrected chi connectivity index (χ2v) is 5.96. The van der Waals surface area contributed by atoms with Crippen LogP contribution in [-0.2, 0) is 0 Å². The molecular weight excluding hydrogens is 362 g/mol. The van der Waals surface area contributed by atoms with Crippen molar-refractivity contribution in [2.24, 2.45) is 0 Å². The number of halogens is 3. The van der Waals surface area contributed by atoms with Gasteiger partial charge in [0.05, 0.1) is 5.39 Å². The number of rotatable bonds is 3. The Morgan fingerprint density at radius 1 is 1.19 bits per heavy atom. The molecule has 1 aromatic carbocycles. The highest BCUT2D eigenvalue weighted by atomic mass is 79.9. The van der Waals surface area contributed by atoms with Gasteiger partial charge in [-0.3, -0.25) is 0 Å². The molecule has 0 unspecified atom stereocenters. The lowest BCUT2D eigenvalue weighted by atomic mass is 10.2. The van der Waals surface area contributed by atoms with E-state index in [-0.39, 0.29) is 5.69 Å². The Kier molecular flexibility index (Phi) is 3.73. The van der Waals surface area contributed by atoms with Gasteiger partial charge in [-0.25, -0.2) is 13.8 Å². The summed E-state index contributed by atoms with van der Waals surface area (Å²) in [7, 11) is 1.68. The van der Waals surface area contributed by atoms with Gasteiger partial charge in [0.2, 0.25) is 5.95 Å². The number of anilines is 3. The molecule has 2 aromatic heterocycles. The fourth-order valence-corrected chi connectivity index (χ4v) is 3.01. The first kappa shape index (κ1) is 14.2. The molecule has 2 heterocycles. The van der Waals surface area contributed by atoms with Gasteiger partial charge in [0, 0.05) is 11.5 Å². The molecule has 0 aliphatic rings. The number of hydrogen-bond acceptors (Lipinski definition) is 5. The highest BCUT2D eigenvalue weighted by Crippen LogP contribution is 2.31. The van der Waals surface area contributed by atoms with E-state index in [0.29, 0.717) is 21.6 Å². The van der Waals surface area contributed by atoms with Crippen LogP contribution in [0.5, 0.6) is 0 Å². The average Bonchev–Trinajstić information content (AvgIpc) is 2.90. The van der Waals surface area contributed by atoms with Gasteiger partial charge in [0.15, 0.2) is 11.6 Å². The molecule has 0 amide bonds. The molecule has 2 N–H and O–H groups in total. The predicted octanol–water partition coefficient (Wildman–Crippen LogP) is 4.52. The molecule has 21 heavy (non-hydrogen) atoms. The zero-order chi connectivity index (χ0) is 15.0. The summed E-state index contributed by atoms with van der Waals surface area (Å²) < 4.78 is 28.2. The summed E-state index contributed by atoms with van der Waals surface area (Å²) in [5.41, 5.74) is -0.244. The fraction of sp³-hybridized carbons (Fsp3) is 0.0769. The van der Waals surface area contributed by atoms with Crippen LogP contribution in [0.15, 0.2) is 28.1 Å². The maximum atomic E-state index is 13.9. The van der Waals surface area contributed by atoms with Crippen LogP contribution in [0.2, 0.25) is 0 Å². The van der Waals surface area contributed by atoms with Gasteiger partial charge < -0.3 is 10.6 Å². The fourth-order valence-electron chi connectivity index (χ4n) is 1.84. The number of nitrogens with zero attached hydrogens (tertiary/aromatic N) is 2. The molecule has 8 heteroatoms. The minimum absolute atomic E-state index is 0.244. The quantitative estimate of drug-likeness (QED) is 0.711. The van der Waals surface area contributed by atoms with Crippen LogP contribution in [0.3, 0.4) is 0 Å². The lowest BCUT2D eigenvalue weighted by molar-refractivity contribution is 0.589. The summed E-state index contributed by atoms with van der Waals surface area (Å²) in [6.45, 7) is 0. The molecular formula is C13H9BrF2N4S. The number of nitrogens with one attached hydrogen (secondary N) is 2.